The highest BCUT2D eigenvalue weighted by Crippen LogP contribution is 2.34. The molecule has 3 aromatic rings. The van der Waals surface area contributed by atoms with Crippen LogP contribution in [0.5, 0.6) is 0 Å². The van der Waals surface area contributed by atoms with Crippen molar-refractivity contribution in [1.29, 1.82) is 0 Å². The van der Waals surface area contributed by atoms with Crippen molar-refractivity contribution in [2.75, 3.05) is 27.4 Å². The number of unbranched alkanes of at least 4 members (excludes halogenated alkanes) is 1. The molecule has 0 amide bonds. The molecule has 0 saturated carbocycles. The average molecular weight is 505 g/mol. The molecule has 1 aromatic heterocycles. The minimum atomic E-state index is -0.353. The van der Waals surface area contributed by atoms with E-state index in [2.05, 4.69) is 81.5 Å². The summed E-state index contributed by atoms with van der Waals surface area (Å²) in [6, 6.07) is 17.0. The number of allylic oxidation sites excluding steroid dienone is 1. The molecule has 0 spiro atoms. The van der Waals surface area contributed by atoms with Crippen molar-refractivity contribution in [3.05, 3.63) is 65.5 Å². The molecule has 1 N–H and O–H groups in total. The largest absolute Gasteiger partial charge is 0.352 e. The third-order valence-corrected chi connectivity index (χ3v) is 6.92. The van der Waals surface area contributed by atoms with E-state index in [1.54, 1.807) is 14.2 Å². The quantitative estimate of drug-likeness (QED) is 0.300. The maximum atomic E-state index is 5.77. The molecule has 37 heavy (non-hydrogen) atoms. The van der Waals surface area contributed by atoms with Crippen molar-refractivity contribution >= 4 is 0 Å². The molecule has 4 rings (SSSR count). The monoisotopic (exact) mass is 504 g/mol. The van der Waals surface area contributed by atoms with Crippen molar-refractivity contribution in [3.63, 3.8) is 0 Å². The number of methoxy groups -OCH3 is 2. The van der Waals surface area contributed by atoms with Crippen LogP contribution in [0.25, 0.3) is 22.5 Å². The Morgan fingerprint density at radius 3 is 2.32 bits per heavy atom. The summed E-state index contributed by atoms with van der Waals surface area (Å²) in [5.41, 5.74) is 7.02. The summed E-state index contributed by atoms with van der Waals surface area (Å²) in [4.78, 5) is 4.95. The molecular formula is C29H40N6O2. The summed E-state index contributed by atoms with van der Waals surface area (Å²) in [7, 11) is 3.46. The van der Waals surface area contributed by atoms with E-state index in [-0.39, 0.29) is 6.29 Å². The van der Waals surface area contributed by atoms with E-state index in [1.165, 1.54) is 17.0 Å². The van der Waals surface area contributed by atoms with Gasteiger partial charge in [0.25, 0.3) is 0 Å². The first-order chi connectivity index (χ1) is 18.0. The van der Waals surface area contributed by atoms with Crippen molar-refractivity contribution < 1.29 is 9.47 Å². The lowest BCUT2D eigenvalue weighted by atomic mass is 9.98. The number of ether oxygens (including phenoxy) is 2. The van der Waals surface area contributed by atoms with Gasteiger partial charge in [-0.2, -0.15) is 0 Å². The van der Waals surface area contributed by atoms with Gasteiger partial charge in [0.05, 0.1) is 12.4 Å². The first kappa shape index (κ1) is 26.8. The standard InChI is InChI=1S/C29H40N6O2/c1-6-7-18-34-20-35(26(17-12-21(2)3)27(34)29(36-4)37-5)19-22-13-15-23(16-14-22)24-10-8-9-11-25(24)28-30-32-33-31-28/h8-11,13-16,21,29H,6-7,12,17-20H2,1-5H3,(H,30,31,32,33). The van der Waals surface area contributed by atoms with Crippen LogP contribution in [0.2, 0.25) is 0 Å². The molecular weight excluding hydrogens is 464 g/mol. The summed E-state index contributed by atoms with van der Waals surface area (Å²) in [6.45, 7) is 9.50. The molecule has 8 nitrogen and oxygen atoms in total. The smallest absolute Gasteiger partial charge is 0.200 e. The van der Waals surface area contributed by atoms with E-state index in [1.807, 2.05) is 18.2 Å². The fourth-order valence-electron chi connectivity index (χ4n) is 4.94. The van der Waals surface area contributed by atoms with E-state index in [0.717, 1.165) is 62.1 Å². The Bertz CT molecular complexity index is 1140. The Labute approximate surface area is 220 Å². The van der Waals surface area contributed by atoms with Gasteiger partial charge in [0, 0.05) is 38.6 Å². The minimum Gasteiger partial charge on any atom is -0.352 e. The van der Waals surface area contributed by atoms with Gasteiger partial charge in [-0.1, -0.05) is 75.7 Å². The van der Waals surface area contributed by atoms with Gasteiger partial charge in [-0.15, -0.1) is 5.10 Å². The molecule has 0 saturated heterocycles. The summed E-state index contributed by atoms with van der Waals surface area (Å²) in [5, 5.41) is 14.5. The maximum Gasteiger partial charge on any atom is 0.200 e. The number of hydrogen-bond acceptors (Lipinski definition) is 7. The summed E-state index contributed by atoms with van der Waals surface area (Å²) in [6.07, 6.45) is 4.08. The Hall–Kier alpha value is -3.23. The number of nitrogens with one attached hydrogen (secondary N) is 1. The fourth-order valence-corrected chi connectivity index (χ4v) is 4.94. The van der Waals surface area contributed by atoms with Crippen LogP contribution in [-0.2, 0) is 16.0 Å². The molecule has 0 bridgehead atoms. The zero-order valence-electron chi connectivity index (χ0n) is 22.8. The van der Waals surface area contributed by atoms with Crippen LogP contribution in [0.1, 0.15) is 52.0 Å². The van der Waals surface area contributed by atoms with Gasteiger partial charge in [-0.05, 0) is 52.3 Å². The van der Waals surface area contributed by atoms with Gasteiger partial charge in [0.15, 0.2) is 12.1 Å². The molecule has 198 valence electrons. The van der Waals surface area contributed by atoms with Gasteiger partial charge in [0.1, 0.15) is 0 Å². The van der Waals surface area contributed by atoms with E-state index in [9.17, 15) is 0 Å². The van der Waals surface area contributed by atoms with Crippen LogP contribution in [0.15, 0.2) is 59.9 Å². The lowest BCUT2D eigenvalue weighted by Gasteiger charge is -2.26. The number of nitrogens with zero attached hydrogens (tertiary/aromatic N) is 5. The van der Waals surface area contributed by atoms with E-state index < -0.39 is 0 Å². The lowest BCUT2D eigenvalue weighted by molar-refractivity contribution is -0.0886. The number of H-pyrrole nitrogens is 1. The topological polar surface area (TPSA) is 79.4 Å². The van der Waals surface area contributed by atoms with E-state index in [0.29, 0.717) is 11.7 Å². The molecule has 1 aliphatic rings. The van der Waals surface area contributed by atoms with Gasteiger partial charge in [-0.3, -0.25) is 0 Å². The Morgan fingerprint density at radius 2 is 1.70 bits per heavy atom. The predicted octanol–water partition coefficient (Wildman–Crippen LogP) is 5.68. The normalized spacial score (nSPS) is 14.0. The second-order valence-corrected chi connectivity index (χ2v) is 10.0. The molecule has 8 heteroatoms. The fraction of sp³-hybridized carbons (Fsp3) is 0.483. The lowest BCUT2D eigenvalue weighted by Crippen LogP contribution is -2.32. The summed E-state index contributed by atoms with van der Waals surface area (Å²) in [5.74, 6) is 1.30. The SMILES string of the molecule is CCCCN1CN(Cc2ccc(-c3ccccc3-c3nnn[nH]3)cc2)C(CCC(C)C)=C1C(OC)OC. The maximum absolute atomic E-state index is 5.77. The minimum absolute atomic E-state index is 0.353. The van der Waals surface area contributed by atoms with Crippen LogP contribution < -0.4 is 0 Å². The Balaban J connectivity index is 1.60. The van der Waals surface area contributed by atoms with Crippen LogP contribution in [0.4, 0.5) is 0 Å². The van der Waals surface area contributed by atoms with Crippen LogP contribution >= 0.6 is 0 Å². The highest BCUT2D eigenvalue weighted by atomic mass is 16.7. The van der Waals surface area contributed by atoms with Crippen LogP contribution in [-0.4, -0.2) is 64.1 Å². The Kier molecular flexibility index (Phi) is 9.30. The van der Waals surface area contributed by atoms with Gasteiger partial charge in [-0.25, -0.2) is 5.10 Å². The van der Waals surface area contributed by atoms with Crippen LogP contribution in [0.3, 0.4) is 0 Å². The molecule has 0 fully saturated rings. The first-order valence-corrected chi connectivity index (χ1v) is 13.3. The van der Waals surface area contributed by atoms with Crippen molar-refractivity contribution in [2.45, 2.75) is 59.3 Å². The van der Waals surface area contributed by atoms with Crippen LogP contribution in [0, 0.1) is 5.92 Å². The number of tetrazole rings is 1. The number of benzene rings is 2. The first-order valence-electron chi connectivity index (χ1n) is 13.3. The second kappa shape index (κ2) is 12.8. The summed E-state index contributed by atoms with van der Waals surface area (Å²) >= 11 is 0. The van der Waals surface area contributed by atoms with Crippen molar-refractivity contribution in [1.82, 2.24) is 30.4 Å². The molecule has 0 aliphatic carbocycles. The number of hydrogen-bond donors (Lipinski definition) is 1. The molecule has 0 radical (unpaired) electrons. The molecule has 2 aromatic carbocycles. The highest BCUT2D eigenvalue weighted by Gasteiger charge is 2.33. The van der Waals surface area contributed by atoms with Crippen molar-refractivity contribution in [2.24, 2.45) is 5.92 Å². The molecule has 1 aliphatic heterocycles. The third-order valence-electron chi connectivity index (χ3n) is 6.92. The number of aromatic nitrogens is 4. The average Bonchev–Trinajstić information content (AvgIpc) is 3.56. The number of aromatic amines is 1. The summed E-state index contributed by atoms with van der Waals surface area (Å²) < 4.78 is 11.5. The van der Waals surface area contributed by atoms with Gasteiger partial charge >= 0.3 is 0 Å². The molecule has 0 atom stereocenters. The predicted molar refractivity (Wildman–Crippen MR) is 146 cm³/mol. The molecule has 0 unspecified atom stereocenters. The van der Waals surface area contributed by atoms with Crippen molar-refractivity contribution in [3.8, 4) is 22.5 Å². The van der Waals surface area contributed by atoms with Gasteiger partial charge < -0.3 is 19.3 Å². The molecule has 2 heterocycles. The van der Waals surface area contributed by atoms with Gasteiger partial charge in [0.2, 0.25) is 0 Å². The third kappa shape index (κ3) is 6.37. The van der Waals surface area contributed by atoms with E-state index >= 15 is 0 Å². The second-order valence-electron chi connectivity index (χ2n) is 10.0. The number of rotatable bonds is 13. The zero-order valence-corrected chi connectivity index (χ0v) is 22.8. The Morgan fingerprint density at radius 1 is 0.973 bits per heavy atom. The zero-order chi connectivity index (χ0) is 26.2. The van der Waals surface area contributed by atoms with E-state index in [4.69, 9.17) is 9.47 Å². The highest BCUT2D eigenvalue weighted by molar-refractivity contribution is 5.80.